The van der Waals surface area contributed by atoms with Crippen molar-refractivity contribution >= 4 is 17.5 Å². The van der Waals surface area contributed by atoms with Crippen LogP contribution in [0.15, 0.2) is 47.4 Å². The molecule has 2 rings (SSSR count). The van der Waals surface area contributed by atoms with Crippen molar-refractivity contribution in [2.24, 2.45) is 0 Å². The molecule has 0 aromatic heterocycles. The van der Waals surface area contributed by atoms with E-state index >= 15 is 0 Å². The van der Waals surface area contributed by atoms with Crippen LogP contribution in [0, 0.1) is 0 Å². The number of ether oxygens (including phenoxy) is 2. The van der Waals surface area contributed by atoms with E-state index in [0.29, 0.717) is 0 Å². The predicted octanol–water partition coefficient (Wildman–Crippen LogP) is 4.20. The lowest BCUT2D eigenvalue weighted by molar-refractivity contribution is 0.101. The molecule has 21 heavy (non-hydrogen) atoms. The molecule has 0 aliphatic rings. The van der Waals surface area contributed by atoms with Crippen molar-refractivity contribution < 1.29 is 14.3 Å². The number of carbonyl (C=O) groups is 1. The number of hydrogen-bond donors (Lipinski definition) is 0. The number of thioether (sulfide) groups is 1. The van der Waals surface area contributed by atoms with E-state index in [-0.39, 0.29) is 5.78 Å². The molecule has 0 aliphatic carbocycles. The van der Waals surface area contributed by atoms with Gasteiger partial charge in [-0.3, -0.25) is 4.79 Å². The molecule has 0 radical (unpaired) electrons. The van der Waals surface area contributed by atoms with Gasteiger partial charge in [-0.25, -0.2) is 0 Å². The Kier molecular flexibility index (Phi) is 5.28. The van der Waals surface area contributed by atoms with Crippen molar-refractivity contribution in [1.29, 1.82) is 0 Å². The molecule has 2 aromatic carbocycles. The molecule has 0 spiro atoms. The van der Waals surface area contributed by atoms with Gasteiger partial charge < -0.3 is 9.47 Å². The van der Waals surface area contributed by atoms with E-state index in [0.717, 1.165) is 33.3 Å². The quantitative estimate of drug-likeness (QED) is 0.592. The number of rotatable bonds is 6. The second kappa shape index (κ2) is 7.18. The summed E-state index contributed by atoms with van der Waals surface area (Å²) in [4.78, 5) is 12.4. The number of carbonyl (C=O) groups excluding carboxylic acids is 1. The van der Waals surface area contributed by atoms with Crippen molar-refractivity contribution in [3.8, 4) is 11.5 Å². The summed E-state index contributed by atoms with van der Waals surface area (Å²) < 4.78 is 10.5. The maximum Gasteiger partial charge on any atom is 0.161 e. The van der Waals surface area contributed by atoms with Crippen molar-refractivity contribution in [2.45, 2.75) is 17.6 Å². The van der Waals surface area contributed by atoms with Crippen LogP contribution in [0.1, 0.15) is 22.8 Å². The third kappa shape index (κ3) is 4.02. The largest absolute Gasteiger partial charge is 0.493 e. The lowest BCUT2D eigenvalue weighted by atomic mass is 10.2. The third-order valence-corrected chi connectivity index (χ3v) is 4.20. The van der Waals surface area contributed by atoms with Crippen molar-refractivity contribution in [3.63, 3.8) is 0 Å². The summed E-state index contributed by atoms with van der Waals surface area (Å²) in [6.45, 7) is 1.58. The van der Waals surface area contributed by atoms with E-state index in [1.54, 1.807) is 32.9 Å². The molecule has 4 heteroatoms. The molecular formula is C17H18O3S. The molecule has 0 aliphatic heterocycles. The highest BCUT2D eigenvalue weighted by Gasteiger charge is 2.05. The van der Waals surface area contributed by atoms with Crippen LogP contribution in [0.4, 0.5) is 0 Å². The van der Waals surface area contributed by atoms with Crippen LogP contribution >= 0.6 is 11.8 Å². The lowest BCUT2D eigenvalue weighted by Crippen LogP contribution is -1.92. The zero-order valence-corrected chi connectivity index (χ0v) is 13.2. The molecule has 0 amide bonds. The first-order valence-corrected chi connectivity index (χ1v) is 7.57. The minimum atomic E-state index is 0.0893. The van der Waals surface area contributed by atoms with Crippen molar-refractivity contribution in [1.82, 2.24) is 0 Å². The number of benzene rings is 2. The first-order chi connectivity index (χ1) is 10.1. The zero-order chi connectivity index (χ0) is 15.2. The Labute approximate surface area is 129 Å². The number of ketones is 1. The Hall–Kier alpha value is -1.94. The topological polar surface area (TPSA) is 35.5 Å². The minimum Gasteiger partial charge on any atom is -0.493 e. The Balaban J connectivity index is 2.04. The highest BCUT2D eigenvalue weighted by Crippen LogP contribution is 2.30. The molecule has 110 valence electrons. The van der Waals surface area contributed by atoms with E-state index in [4.69, 9.17) is 9.47 Å². The first-order valence-electron chi connectivity index (χ1n) is 6.58. The van der Waals surface area contributed by atoms with Crippen LogP contribution in [-0.4, -0.2) is 20.0 Å². The molecule has 0 saturated heterocycles. The monoisotopic (exact) mass is 302 g/mol. The average Bonchev–Trinajstić information content (AvgIpc) is 2.52. The fraction of sp³-hybridized carbons (Fsp3) is 0.235. The smallest absolute Gasteiger partial charge is 0.161 e. The molecule has 0 fully saturated rings. The Bertz CT molecular complexity index is 620. The fourth-order valence-electron chi connectivity index (χ4n) is 1.92. The zero-order valence-electron chi connectivity index (χ0n) is 12.4. The van der Waals surface area contributed by atoms with Gasteiger partial charge >= 0.3 is 0 Å². The van der Waals surface area contributed by atoms with Crippen molar-refractivity contribution in [3.05, 3.63) is 53.6 Å². The predicted molar refractivity (Wildman–Crippen MR) is 85.6 cm³/mol. The molecule has 0 heterocycles. The van der Waals surface area contributed by atoms with Gasteiger partial charge in [-0.1, -0.05) is 18.2 Å². The van der Waals surface area contributed by atoms with Crippen molar-refractivity contribution in [2.75, 3.05) is 14.2 Å². The maximum atomic E-state index is 11.2. The Morgan fingerprint density at radius 2 is 1.67 bits per heavy atom. The van der Waals surface area contributed by atoms with Crippen LogP contribution in [0.25, 0.3) is 0 Å². The van der Waals surface area contributed by atoms with Gasteiger partial charge in [0.2, 0.25) is 0 Å². The van der Waals surface area contributed by atoms with Gasteiger partial charge in [-0.2, -0.15) is 0 Å². The molecule has 0 bridgehead atoms. The normalized spacial score (nSPS) is 10.2. The lowest BCUT2D eigenvalue weighted by Gasteiger charge is -2.09. The Morgan fingerprint density at radius 1 is 1.00 bits per heavy atom. The highest BCUT2D eigenvalue weighted by atomic mass is 32.2. The van der Waals surface area contributed by atoms with Gasteiger partial charge in [0.05, 0.1) is 14.2 Å². The van der Waals surface area contributed by atoms with Crippen LogP contribution in [0.2, 0.25) is 0 Å². The minimum absolute atomic E-state index is 0.0893. The van der Waals surface area contributed by atoms with Gasteiger partial charge in [0.1, 0.15) is 0 Å². The summed E-state index contributed by atoms with van der Waals surface area (Å²) in [5, 5.41) is 0. The summed E-state index contributed by atoms with van der Waals surface area (Å²) in [6.07, 6.45) is 0. The van der Waals surface area contributed by atoms with E-state index in [1.165, 1.54) is 0 Å². The average molecular weight is 302 g/mol. The number of hydrogen-bond acceptors (Lipinski definition) is 4. The van der Waals surface area contributed by atoms with Crippen LogP contribution in [-0.2, 0) is 5.75 Å². The molecule has 3 nitrogen and oxygen atoms in total. The SMILES string of the molecule is COc1ccc(CSc2ccc(C(C)=O)cc2)cc1OC. The second-order valence-electron chi connectivity index (χ2n) is 4.56. The summed E-state index contributed by atoms with van der Waals surface area (Å²) in [5.41, 5.74) is 1.90. The van der Waals surface area contributed by atoms with E-state index in [9.17, 15) is 4.79 Å². The summed E-state index contributed by atoms with van der Waals surface area (Å²) in [5.74, 6) is 2.39. The van der Waals surface area contributed by atoms with Crippen LogP contribution in [0.3, 0.4) is 0 Å². The van der Waals surface area contributed by atoms with Gasteiger partial charge in [0.25, 0.3) is 0 Å². The fourth-order valence-corrected chi connectivity index (χ4v) is 2.76. The number of Topliss-reactive ketones (excluding diaryl/α,β-unsaturated/α-hetero) is 1. The summed E-state index contributed by atoms with van der Waals surface area (Å²) in [7, 11) is 3.26. The molecule has 0 atom stereocenters. The summed E-state index contributed by atoms with van der Waals surface area (Å²) in [6, 6.07) is 13.6. The van der Waals surface area contributed by atoms with Gasteiger partial charge in [-0.05, 0) is 36.8 Å². The van der Waals surface area contributed by atoms with E-state index in [2.05, 4.69) is 0 Å². The summed E-state index contributed by atoms with van der Waals surface area (Å²) >= 11 is 1.72. The van der Waals surface area contributed by atoms with E-state index in [1.807, 2.05) is 42.5 Å². The molecule has 0 N–H and O–H groups in total. The third-order valence-electron chi connectivity index (χ3n) is 3.11. The van der Waals surface area contributed by atoms with Gasteiger partial charge in [-0.15, -0.1) is 11.8 Å². The van der Waals surface area contributed by atoms with Crippen LogP contribution < -0.4 is 9.47 Å². The first kappa shape index (κ1) is 15.4. The highest BCUT2D eigenvalue weighted by molar-refractivity contribution is 7.98. The second-order valence-corrected chi connectivity index (χ2v) is 5.61. The molecule has 0 unspecified atom stereocenters. The molecule has 0 saturated carbocycles. The maximum absolute atomic E-state index is 11.2. The Morgan fingerprint density at radius 3 is 2.24 bits per heavy atom. The van der Waals surface area contributed by atoms with Crippen LogP contribution in [0.5, 0.6) is 11.5 Å². The standard InChI is InChI=1S/C17H18O3S/c1-12(18)14-5-7-15(8-6-14)21-11-13-4-9-16(19-2)17(10-13)20-3/h4-10H,11H2,1-3H3. The van der Waals surface area contributed by atoms with Gasteiger partial charge in [0, 0.05) is 16.2 Å². The van der Waals surface area contributed by atoms with Gasteiger partial charge in [0.15, 0.2) is 17.3 Å². The van der Waals surface area contributed by atoms with E-state index < -0.39 is 0 Å². The molecular weight excluding hydrogens is 284 g/mol. The molecule has 2 aromatic rings. The number of methoxy groups -OCH3 is 2.